The zero-order chi connectivity index (χ0) is 18.9. The predicted octanol–water partition coefficient (Wildman–Crippen LogP) is 1.36. The van der Waals surface area contributed by atoms with Gasteiger partial charge in [-0.1, -0.05) is 30.3 Å². The van der Waals surface area contributed by atoms with Gasteiger partial charge in [-0.15, -0.1) is 0 Å². The molecule has 0 unspecified atom stereocenters. The van der Waals surface area contributed by atoms with Crippen molar-refractivity contribution in [3.63, 3.8) is 0 Å². The van der Waals surface area contributed by atoms with Crippen molar-refractivity contribution >= 4 is 15.9 Å². The summed E-state index contributed by atoms with van der Waals surface area (Å²) in [6.07, 6.45) is -0.711. The van der Waals surface area contributed by atoms with E-state index in [-0.39, 0.29) is 30.5 Å². The minimum Gasteiger partial charge on any atom is -0.485 e. The first-order valence-electron chi connectivity index (χ1n) is 8.78. The lowest BCUT2D eigenvalue weighted by molar-refractivity contribution is -0.142. The average molecular weight is 388 g/mol. The molecule has 142 valence electrons. The molecule has 7 nitrogen and oxygen atoms in total. The van der Waals surface area contributed by atoms with Gasteiger partial charge in [0.2, 0.25) is 16.1 Å². The maximum atomic E-state index is 12.7. The third-order valence-corrected chi connectivity index (χ3v) is 6.63. The van der Waals surface area contributed by atoms with Crippen LogP contribution in [0.25, 0.3) is 0 Å². The molecule has 1 fully saturated rings. The highest BCUT2D eigenvalue weighted by Crippen LogP contribution is 2.31. The van der Waals surface area contributed by atoms with E-state index in [2.05, 4.69) is 0 Å². The minimum absolute atomic E-state index is 0.151. The standard InChI is InChI=1S/C19H20N2O5S/c22-19(18-14-25-16-8-4-5-9-17(16)26-18)20-10-12-21(13-11-20)27(23,24)15-6-2-1-3-7-15/h1-9,18H,10-14H2/t18-/m1/s1. The van der Waals surface area contributed by atoms with Crippen LogP contribution in [0.5, 0.6) is 11.5 Å². The number of ether oxygens (including phenoxy) is 2. The normalized spacial score (nSPS) is 20.3. The smallest absolute Gasteiger partial charge is 0.267 e. The molecule has 0 bridgehead atoms. The molecule has 2 heterocycles. The molecular formula is C19H20N2O5S. The molecule has 2 aromatic rings. The highest BCUT2D eigenvalue weighted by molar-refractivity contribution is 7.89. The van der Waals surface area contributed by atoms with E-state index in [1.165, 1.54) is 4.31 Å². The van der Waals surface area contributed by atoms with Crippen molar-refractivity contribution in [1.29, 1.82) is 0 Å². The third-order valence-electron chi connectivity index (χ3n) is 4.72. The fourth-order valence-electron chi connectivity index (χ4n) is 3.24. The first-order chi connectivity index (χ1) is 13.1. The van der Waals surface area contributed by atoms with E-state index in [0.717, 1.165) is 0 Å². The molecule has 0 saturated carbocycles. The van der Waals surface area contributed by atoms with Crippen molar-refractivity contribution in [3.05, 3.63) is 54.6 Å². The summed E-state index contributed by atoms with van der Waals surface area (Å²) in [5.41, 5.74) is 0. The van der Waals surface area contributed by atoms with E-state index in [0.29, 0.717) is 24.6 Å². The number of carbonyl (C=O) groups is 1. The SMILES string of the molecule is O=C([C@H]1COc2ccccc2O1)N1CCN(S(=O)(=O)c2ccccc2)CC1. The summed E-state index contributed by atoms with van der Waals surface area (Å²) in [6.45, 7) is 1.32. The van der Waals surface area contributed by atoms with Gasteiger partial charge in [0.25, 0.3) is 5.91 Å². The molecule has 27 heavy (non-hydrogen) atoms. The summed E-state index contributed by atoms with van der Waals surface area (Å²) in [5.74, 6) is 0.994. The monoisotopic (exact) mass is 388 g/mol. The van der Waals surface area contributed by atoms with Crippen molar-refractivity contribution in [2.24, 2.45) is 0 Å². The molecule has 2 aliphatic heterocycles. The second-order valence-electron chi connectivity index (χ2n) is 6.41. The molecule has 1 saturated heterocycles. The highest BCUT2D eigenvalue weighted by Gasteiger charge is 2.35. The molecule has 1 amide bonds. The number of hydrogen-bond acceptors (Lipinski definition) is 5. The molecule has 2 aromatic carbocycles. The minimum atomic E-state index is -3.54. The second kappa shape index (κ2) is 7.21. The number of benzene rings is 2. The van der Waals surface area contributed by atoms with Crippen LogP contribution in [0.1, 0.15) is 0 Å². The summed E-state index contributed by atoms with van der Waals surface area (Å²) in [4.78, 5) is 14.6. The lowest BCUT2D eigenvalue weighted by atomic mass is 10.2. The van der Waals surface area contributed by atoms with E-state index in [4.69, 9.17) is 9.47 Å². The van der Waals surface area contributed by atoms with Gasteiger partial charge < -0.3 is 14.4 Å². The number of amides is 1. The third kappa shape index (κ3) is 3.50. The van der Waals surface area contributed by atoms with Crippen LogP contribution < -0.4 is 9.47 Å². The molecule has 0 aliphatic carbocycles. The zero-order valence-corrected chi connectivity index (χ0v) is 15.5. The summed E-state index contributed by atoms with van der Waals surface area (Å²) in [5, 5.41) is 0. The summed E-state index contributed by atoms with van der Waals surface area (Å²) in [6, 6.07) is 15.6. The van der Waals surface area contributed by atoms with Gasteiger partial charge in [0.15, 0.2) is 11.5 Å². The Balaban J connectivity index is 1.39. The fourth-order valence-corrected chi connectivity index (χ4v) is 4.68. The molecule has 4 rings (SSSR count). The van der Waals surface area contributed by atoms with Gasteiger partial charge in [-0.3, -0.25) is 4.79 Å². The Morgan fingerprint density at radius 1 is 0.889 bits per heavy atom. The summed E-state index contributed by atoms with van der Waals surface area (Å²) in [7, 11) is -3.54. The fraction of sp³-hybridized carbons (Fsp3) is 0.316. The Kier molecular flexibility index (Phi) is 4.75. The lowest BCUT2D eigenvalue weighted by Crippen LogP contribution is -2.55. The number of sulfonamides is 1. The number of piperazine rings is 1. The Labute approximate surface area is 158 Å². The van der Waals surface area contributed by atoms with Gasteiger partial charge in [0.1, 0.15) is 6.61 Å². The van der Waals surface area contributed by atoms with Crippen molar-refractivity contribution in [2.75, 3.05) is 32.8 Å². The number of nitrogens with zero attached hydrogens (tertiary/aromatic N) is 2. The van der Waals surface area contributed by atoms with Crippen LogP contribution >= 0.6 is 0 Å². The van der Waals surface area contributed by atoms with Crippen molar-refractivity contribution in [3.8, 4) is 11.5 Å². The molecule has 0 aromatic heterocycles. The van der Waals surface area contributed by atoms with Crippen molar-refractivity contribution < 1.29 is 22.7 Å². The highest BCUT2D eigenvalue weighted by atomic mass is 32.2. The average Bonchev–Trinajstić information content (AvgIpc) is 2.73. The number of rotatable bonds is 3. The van der Waals surface area contributed by atoms with Crippen molar-refractivity contribution in [1.82, 2.24) is 9.21 Å². The lowest BCUT2D eigenvalue weighted by Gasteiger charge is -2.36. The van der Waals surface area contributed by atoms with Crippen LogP contribution in [-0.2, 0) is 14.8 Å². The molecule has 0 N–H and O–H groups in total. The van der Waals surface area contributed by atoms with Gasteiger partial charge in [0.05, 0.1) is 4.90 Å². The van der Waals surface area contributed by atoms with Crippen LogP contribution in [0, 0.1) is 0 Å². The van der Waals surface area contributed by atoms with Gasteiger partial charge >= 0.3 is 0 Å². The van der Waals surface area contributed by atoms with Crippen LogP contribution in [0.2, 0.25) is 0 Å². The van der Waals surface area contributed by atoms with Crippen LogP contribution in [0.3, 0.4) is 0 Å². The van der Waals surface area contributed by atoms with Gasteiger partial charge in [-0.05, 0) is 24.3 Å². The van der Waals surface area contributed by atoms with Crippen LogP contribution in [0.4, 0.5) is 0 Å². The van der Waals surface area contributed by atoms with E-state index in [1.54, 1.807) is 47.4 Å². The molecule has 8 heteroatoms. The number of carbonyl (C=O) groups excluding carboxylic acids is 1. The van der Waals surface area contributed by atoms with Crippen LogP contribution in [0.15, 0.2) is 59.5 Å². The first kappa shape index (κ1) is 17.8. The van der Waals surface area contributed by atoms with E-state index >= 15 is 0 Å². The topological polar surface area (TPSA) is 76.2 Å². The zero-order valence-electron chi connectivity index (χ0n) is 14.7. The molecule has 0 radical (unpaired) electrons. The quantitative estimate of drug-likeness (QED) is 0.794. The Bertz CT molecular complexity index is 924. The predicted molar refractivity (Wildman–Crippen MR) is 98.1 cm³/mol. The molecule has 1 atom stereocenters. The van der Waals surface area contributed by atoms with E-state index in [1.807, 2.05) is 12.1 Å². The number of hydrogen-bond donors (Lipinski definition) is 0. The summed E-state index contributed by atoms with van der Waals surface area (Å²) >= 11 is 0. The van der Waals surface area contributed by atoms with Gasteiger partial charge in [0, 0.05) is 26.2 Å². The molecule has 0 spiro atoms. The largest absolute Gasteiger partial charge is 0.485 e. The first-order valence-corrected chi connectivity index (χ1v) is 10.2. The second-order valence-corrected chi connectivity index (χ2v) is 8.34. The molecule has 2 aliphatic rings. The van der Waals surface area contributed by atoms with Gasteiger partial charge in [-0.25, -0.2) is 8.42 Å². The van der Waals surface area contributed by atoms with Gasteiger partial charge in [-0.2, -0.15) is 4.31 Å². The number of para-hydroxylation sites is 2. The Hall–Kier alpha value is -2.58. The molecular weight excluding hydrogens is 368 g/mol. The maximum absolute atomic E-state index is 12.7. The Morgan fingerprint density at radius 3 is 2.22 bits per heavy atom. The summed E-state index contributed by atoms with van der Waals surface area (Å²) < 4.78 is 38.1. The van der Waals surface area contributed by atoms with Crippen molar-refractivity contribution in [2.45, 2.75) is 11.0 Å². The van der Waals surface area contributed by atoms with Crippen LogP contribution in [-0.4, -0.2) is 62.4 Å². The maximum Gasteiger partial charge on any atom is 0.267 e. The van der Waals surface area contributed by atoms with E-state index in [9.17, 15) is 13.2 Å². The Morgan fingerprint density at radius 2 is 1.52 bits per heavy atom. The number of fused-ring (bicyclic) bond motifs is 1. The van der Waals surface area contributed by atoms with E-state index < -0.39 is 16.1 Å².